The van der Waals surface area contributed by atoms with E-state index in [0.717, 1.165) is 18.5 Å². The molecule has 2 nitrogen and oxygen atoms in total. The van der Waals surface area contributed by atoms with E-state index in [1.165, 1.54) is 28.4 Å². The van der Waals surface area contributed by atoms with Crippen molar-refractivity contribution < 1.29 is 4.79 Å². The first-order valence-electron chi connectivity index (χ1n) is 6.52. The fraction of sp³-hybridized carbons (Fsp3) is 0.533. The van der Waals surface area contributed by atoms with Gasteiger partial charge in [-0.25, -0.2) is 0 Å². The smallest absolute Gasteiger partial charge is 0.224 e. The zero-order valence-corrected chi connectivity index (χ0v) is 13.4. The summed E-state index contributed by atoms with van der Waals surface area (Å²) in [6.07, 6.45) is 4.03. The fourth-order valence-corrected chi connectivity index (χ4v) is 2.39. The normalized spacial score (nSPS) is 10.4. The van der Waals surface area contributed by atoms with Crippen molar-refractivity contribution in [3.8, 4) is 0 Å². The molecule has 1 aromatic rings. The van der Waals surface area contributed by atoms with E-state index in [9.17, 15) is 4.79 Å². The molecule has 18 heavy (non-hydrogen) atoms. The van der Waals surface area contributed by atoms with Gasteiger partial charge in [0.25, 0.3) is 0 Å². The molecule has 0 aliphatic rings. The third-order valence-electron chi connectivity index (χ3n) is 2.99. The Balaban J connectivity index is 2.33. The summed E-state index contributed by atoms with van der Waals surface area (Å²) in [6, 6.07) is 6.27. The van der Waals surface area contributed by atoms with Crippen molar-refractivity contribution in [1.29, 1.82) is 0 Å². The Morgan fingerprint density at radius 2 is 2.00 bits per heavy atom. The van der Waals surface area contributed by atoms with Crippen molar-refractivity contribution in [3.05, 3.63) is 34.9 Å². The molecule has 1 rings (SSSR count). The molecule has 0 atom stereocenters. The van der Waals surface area contributed by atoms with Gasteiger partial charge in [0, 0.05) is 6.54 Å². The minimum Gasteiger partial charge on any atom is -0.356 e. The van der Waals surface area contributed by atoms with E-state index < -0.39 is 0 Å². The van der Waals surface area contributed by atoms with Crippen LogP contribution in [0.5, 0.6) is 0 Å². The first-order valence-corrected chi connectivity index (χ1v) is 8.05. The lowest BCUT2D eigenvalue weighted by molar-refractivity contribution is -0.120. The summed E-state index contributed by atoms with van der Waals surface area (Å²) in [4.78, 5) is 11.8. The van der Waals surface area contributed by atoms with Crippen LogP contribution in [-0.2, 0) is 11.2 Å². The Bertz CT molecular complexity index is 390. The summed E-state index contributed by atoms with van der Waals surface area (Å²) >= 11 is 2.39. The number of aryl methyl sites for hydroxylation is 2. The van der Waals surface area contributed by atoms with Crippen LogP contribution in [-0.4, -0.2) is 16.9 Å². The van der Waals surface area contributed by atoms with Crippen molar-refractivity contribution >= 4 is 28.5 Å². The van der Waals surface area contributed by atoms with Crippen molar-refractivity contribution in [2.24, 2.45) is 0 Å². The lowest BCUT2D eigenvalue weighted by atomic mass is 10.0. The van der Waals surface area contributed by atoms with Crippen LogP contribution in [0.15, 0.2) is 18.2 Å². The molecule has 0 radical (unpaired) electrons. The van der Waals surface area contributed by atoms with Gasteiger partial charge in [-0.15, -0.1) is 0 Å². The summed E-state index contributed by atoms with van der Waals surface area (Å²) in [5.74, 6) is 0.137. The van der Waals surface area contributed by atoms with Crippen LogP contribution >= 0.6 is 22.6 Å². The van der Waals surface area contributed by atoms with Gasteiger partial charge >= 0.3 is 0 Å². The van der Waals surface area contributed by atoms with Gasteiger partial charge < -0.3 is 5.32 Å². The minimum absolute atomic E-state index is 0.137. The molecule has 0 saturated heterocycles. The zero-order valence-electron chi connectivity index (χ0n) is 11.3. The van der Waals surface area contributed by atoms with Crippen LogP contribution in [0, 0.1) is 13.8 Å². The Morgan fingerprint density at radius 3 is 2.72 bits per heavy atom. The molecule has 0 spiro atoms. The summed E-state index contributed by atoms with van der Waals surface area (Å²) in [6.45, 7) is 4.92. The maximum atomic E-state index is 11.8. The molecule has 100 valence electrons. The van der Waals surface area contributed by atoms with Gasteiger partial charge in [0.15, 0.2) is 0 Å². The molecule has 0 aliphatic heterocycles. The average molecular weight is 359 g/mol. The van der Waals surface area contributed by atoms with Gasteiger partial charge in [0.1, 0.15) is 0 Å². The number of carbonyl (C=O) groups is 1. The standard InChI is InChI=1S/C15H22INO/c1-12-6-7-13(2)14(10-12)11-15(18)17-9-5-3-4-8-16/h6-7,10H,3-5,8-9,11H2,1-2H3,(H,17,18). The van der Waals surface area contributed by atoms with Crippen LogP contribution in [0.4, 0.5) is 0 Å². The molecular weight excluding hydrogens is 337 g/mol. The Kier molecular flexibility index (Phi) is 7.32. The maximum Gasteiger partial charge on any atom is 0.224 e. The lowest BCUT2D eigenvalue weighted by Gasteiger charge is -2.08. The Labute approximate surface area is 124 Å². The number of halogens is 1. The predicted molar refractivity (Wildman–Crippen MR) is 85.4 cm³/mol. The van der Waals surface area contributed by atoms with E-state index in [2.05, 4.69) is 60.0 Å². The maximum absolute atomic E-state index is 11.8. The second-order valence-corrected chi connectivity index (χ2v) is 5.79. The molecule has 3 heteroatoms. The number of unbranched alkanes of at least 4 members (excludes halogenated alkanes) is 2. The number of rotatable bonds is 7. The largest absolute Gasteiger partial charge is 0.356 e. The second kappa shape index (κ2) is 8.51. The molecule has 0 fully saturated rings. The highest BCUT2D eigenvalue weighted by Gasteiger charge is 2.05. The number of amides is 1. The molecule has 0 saturated carbocycles. The Morgan fingerprint density at radius 1 is 1.22 bits per heavy atom. The number of hydrogen-bond acceptors (Lipinski definition) is 1. The van der Waals surface area contributed by atoms with E-state index in [1.54, 1.807) is 0 Å². The van der Waals surface area contributed by atoms with E-state index in [1.807, 2.05) is 0 Å². The van der Waals surface area contributed by atoms with Crippen LogP contribution in [0.25, 0.3) is 0 Å². The quantitative estimate of drug-likeness (QED) is 0.450. The van der Waals surface area contributed by atoms with E-state index in [4.69, 9.17) is 0 Å². The number of carbonyl (C=O) groups excluding carboxylic acids is 1. The third kappa shape index (κ3) is 5.85. The highest BCUT2D eigenvalue weighted by atomic mass is 127. The van der Waals surface area contributed by atoms with Gasteiger partial charge in [-0.3, -0.25) is 4.79 Å². The first kappa shape index (κ1) is 15.5. The molecule has 1 aromatic carbocycles. The number of hydrogen-bond donors (Lipinski definition) is 1. The van der Waals surface area contributed by atoms with Gasteiger partial charge in [0.05, 0.1) is 6.42 Å². The van der Waals surface area contributed by atoms with Gasteiger partial charge in [-0.05, 0) is 42.2 Å². The highest BCUT2D eigenvalue weighted by Crippen LogP contribution is 2.11. The summed E-state index contributed by atoms with van der Waals surface area (Å²) in [5, 5.41) is 3.00. The SMILES string of the molecule is Cc1ccc(C)c(CC(=O)NCCCCCI)c1. The highest BCUT2D eigenvalue weighted by molar-refractivity contribution is 14.1. The molecule has 0 bridgehead atoms. The topological polar surface area (TPSA) is 29.1 Å². The van der Waals surface area contributed by atoms with Crippen LogP contribution in [0.2, 0.25) is 0 Å². The number of benzene rings is 1. The summed E-state index contributed by atoms with van der Waals surface area (Å²) in [5.41, 5.74) is 3.55. The first-order chi connectivity index (χ1) is 8.63. The summed E-state index contributed by atoms with van der Waals surface area (Å²) in [7, 11) is 0. The van der Waals surface area contributed by atoms with E-state index >= 15 is 0 Å². The number of alkyl halides is 1. The lowest BCUT2D eigenvalue weighted by Crippen LogP contribution is -2.26. The van der Waals surface area contributed by atoms with Crippen LogP contribution < -0.4 is 5.32 Å². The average Bonchev–Trinajstić information content (AvgIpc) is 2.33. The predicted octanol–water partition coefficient (Wildman–Crippen LogP) is 3.57. The minimum atomic E-state index is 0.137. The molecule has 0 aliphatic carbocycles. The van der Waals surface area contributed by atoms with Gasteiger partial charge in [-0.1, -0.05) is 52.8 Å². The third-order valence-corrected chi connectivity index (χ3v) is 3.75. The fourth-order valence-electron chi connectivity index (χ4n) is 1.85. The zero-order chi connectivity index (χ0) is 13.4. The van der Waals surface area contributed by atoms with Crippen LogP contribution in [0.1, 0.15) is 36.0 Å². The molecule has 0 unspecified atom stereocenters. The van der Waals surface area contributed by atoms with E-state index in [0.29, 0.717) is 6.42 Å². The summed E-state index contributed by atoms with van der Waals surface area (Å²) < 4.78 is 1.20. The van der Waals surface area contributed by atoms with E-state index in [-0.39, 0.29) is 5.91 Å². The van der Waals surface area contributed by atoms with Gasteiger partial charge in [-0.2, -0.15) is 0 Å². The number of nitrogens with one attached hydrogen (secondary N) is 1. The molecule has 1 N–H and O–H groups in total. The Hall–Kier alpha value is -0.580. The van der Waals surface area contributed by atoms with Gasteiger partial charge in [0.2, 0.25) is 5.91 Å². The molecule has 0 aromatic heterocycles. The van der Waals surface area contributed by atoms with Crippen molar-refractivity contribution in [2.45, 2.75) is 39.5 Å². The van der Waals surface area contributed by atoms with Crippen molar-refractivity contribution in [2.75, 3.05) is 11.0 Å². The molecule has 1 amide bonds. The van der Waals surface area contributed by atoms with Crippen molar-refractivity contribution in [3.63, 3.8) is 0 Å². The van der Waals surface area contributed by atoms with Crippen LogP contribution in [0.3, 0.4) is 0 Å². The molecular formula is C15H22INO. The molecule has 0 heterocycles. The monoisotopic (exact) mass is 359 g/mol. The second-order valence-electron chi connectivity index (χ2n) is 4.71. The van der Waals surface area contributed by atoms with Crippen molar-refractivity contribution in [1.82, 2.24) is 5.32 Å².